The van der Waals surface area contributed by atoms with Crippen LogP contribution in [-0.2, 0) is 16.1 Å². The molecule has 3 rings (SSSR count). The lowest BCUT2D eigenvalue weighted by Crippen LogP contribution is -2.37. The van der Waals surface area contributed by atoms with Gasteiger partial charge in [0.05, 0.1) is 11.1 Å². The molecule has 2 aromatic rings. The van der Waals surface area contributed by atoms with Crippen LogP contribution in [-0.4, -0.2) is 29.0 Å². The largest absolute Gasteiger partial charge is 0.358 e. The number of likely N-dealkylation sites (N-methyl/N-ethyl adjacent to an activating group) is 1. The van der Waals surface area contributed by atoms with Crippen LogP contribution in [0.4, 0.5) is 5.69 Å². The number of nitrogens with zero attached hydrogens (tertiary/aromatic N) is 1. The summed E-state index contributed by atoms with van der Waals surface area (Å²) in [5.41, 5.74) is 6.78. The Labute approximate surface area is 134 Å². The highest BCUT2D eigenvalue weighted by Gasteiger charge is 2.45. The van der Waals surface area contributed by atoms with Gasteiger partial charge >= 0.3 is 0 Å². The standard InChI is InChI=1S/C15H18N4O2.ClH/c1-17-13(20)9-19-7-4-10-2-3-11(8-12(10)19)18-14(21)15(16)5-6-15;/h2-4,7-8H,5-6,9,16H2,1H3,(H,17,20)(H,18,21);1H. The van der Waals surface area contributed by atoms with Crippen molar-refractivity contribution in [2.75, 3.05) is 12.4 Å². The number of benzene rings is 1. The number of anilines is 1. The highest BCUT2D eigenvalue weighted by molar-refractivity contribution is 6.01. The fourth-order valence-electron chi connectivity index (χ4n) is 2.25. The van der Waals surface area contributed by atoms with E-state index in [9.17, 15) is 9.59 Å². The Morgan fingerprint density at radius 1 is 1.32 bits per heavy atom. The van der Waals surface area contributed by atoms with E-state index in [1.807, 2.05) is 35.0 Å². The Morgan fingerprint density at radius 2 is 2.05 bits per heavy atom. The molecule has 4 N–H and O–H groups in total. The van der Waals surface area contributed by atoms with Crippen molar-refractivity contribution >= 4 is 40.8 Å². The molecule has 0 unspecified atom stereocenters. The summed E-state index contributed by atoms with van der Waals surface area (Å²) in [4.78, 5) is 23.5. The van der Waals surface area contributed by atoms with Gasteiger partial charge in [-0.05, 0) is 36.4 Å². The van der Waals surface area contributed by atoms with Crippen LogP contribution in [0.3, 0.4) is 0 Å². The van der Waals surface area contributed by atoms with Gasteiger partial charge < -0.3 is 20.9 Å². The number of hydrogen-bond acceptors (Lipinski definition) is 3. The van der Waals surface area contributed by atoms with Gasteiger partial charge in [-0.1, -0.05) is 6.07 Å². The van der Waals surface area contributed by atoms with E-state index in [1.54, 1.807) is 7.05 Å². The zero-order valence-electron chi connectivity index (χ0n) is 12.3. The van der Waals surface area contributed by atoms with Crippen molar-refractivity contribution in [3.63, 3.8) is 0 Å². The quantitative estimate of drug-likeness (QED) is 0.791. The number of aromatic nitrogens is 1. The average molecular weight is 323 g/mol. The molecule has 0 aliphatic heterocycles. The van der Waals surface area contributed by atoms with Crippen LogP contribution in [0.25, 0.3) is 10.9 Å². The first-order chi connectivity index (χ1) is 10.0. The minimum atomic E-state index is -0.695. The molecule has 1 heterocycles. The van der Waals surface area contributed by atoms with E-state index >= 15 is 0 Å². The van der Waals surface area contributed by atoms with E-state index < -0.39 is 5.54 Å². The van der Waals surface area contributed by atoms with E-state index in [2.05, 4.69) is 10.6 Å². The monoisotopic (exact) mass is 322 g/mol. The first-order valence-electron chi connectivity index (χ1n) is 6.92. The van der Waals surface area contributed by atoms with Crippen molar-refractivity contribution in [2.45, 2.75) is 24.9 Å². The smallest absolute Gasteiger partial charge is 0.244 e. The summed E-state index contributed by atoms with van der Waals surface area (Å²) >= 11 is 0. The van der Waals surface area contributed by atoms with Gasteiger partial charge in [0.2, 0.25) is 11.8 Å². The molecular weight excluding hydrogens is 304 g/mol. The predicted octanol–water partition coefficient (Wildman–Crippen LogP) is 1.24. The second kappa shape index (κ2) is 5.98. The van der Waals surface area contributed by atoms with Gasteiger partial charge in [0, 0.05) is 18.9 Å². The lowest BCUT2D eigenvalue weighted by atomic mass is 10.2. The number of carbonyl (C=O) groups is 2. The van der Waals surface area contributed by atoms with Crippen LogP contribution in [0.15, 0.2) is 30.5 Å². The van der Waals surface area contributed by atoms with Crippen molar-refractivity contribution in [2.24, 2.45) is 5.73 Å². The normalized spacial score (nSPS) is 15.0. The molecule has 0 radical (unpaired) electrons. The molecule has 1 aromatic heterocycles. The van der Waals surface area contributed by atoms with E-state index in [0.29, 0.717) is 5.69 Å². The maximum Gasteiger partial charge on any atom is 0.244 e. The van der Waals surface area contributed by atoms with E-state index in [0.717, 1.165) is 23.7 Å². The van der Waals surface area contributed by atoms with E-state index in [4.69, 9.17) is 5.73 Å². The van der Waals surface area contributed by atoms with Gasteiger partial charge in [-0.2, -0.15) is 0 Å². The summed E-state index contributed by atoms with van der Waals surface area (Å²) in [5, 5.41) is 6.46. The third-order valence-electron chi connectivity index (χ3n) is 3.87. The first-order valence-corrected chi connectivity index (χ1v) is 6.92. The molecule has 0 saturated heterocycles. The van der Waals surface area contributed by atoms with Gasteiger partial charge in [0.25, 0.3) is 0 Å². The highest BCUT2D eigenvalue weighted by Crippen LogP contribution is 2.33. The summed E-state index contributed by atoms with van der Waals surface area (Å²) < 4.78 is 1.85. The number of halogens is 1. The van der Waals surface area contributed by atoms with Gasteiger partial charge in [0.1, 0.15) is 6.54 Å². The van der Waals surface area contributed by atoms with Crippen molar-refractivity contribution in [3.8, 4) is 0 Å². The minimum Gasteiger partial charge on any atom is -0.358 e. The molecule has 22 heavy (non-hydrogen) atoms. The molecule has 0 atom stereocenters. The summed E-state index contributed by atoms with van der Waals surface area (Å²) in [6, 6.07) is 7.56. The molecule has 0 spiro atoms. The van der Waals surface area contributed by atoms with Crippen LogP contribution in [0.1, 0.15) is 12.8 Å². The molecule has 1 saturated carbocycles. The fraction of sp³-hybridized carbons (Fsp3) is 0.333. The SMILES string of the molecule is CNC(=O)Cn1ccc2ccc(NC(=O)C3(N)CC3)cc21.Cl. The van der Waals surface area contributed by atoms with Crippen LogP contribution >= 0.6 is 12.4 Å². The van der Waals surface area contributed by atoms with Crippen LogP contribution < -0.4 is 16.4 Å². The Hall–Kier alpha value is -2.05. The summed E-state index contributed by atoms with van der Waals surface area (Å²) in [6.07, 6.45) is 3.32. The first kappa shape index (κ1) is 16.3. The van der Waals surface area contributed by atoms with Crippen molar-refractivity contribution in [3.05, 3.63) is 30.5 Å². The Kier molecular flexibility index (Phi) is 4.44. The molecule has 0 bridgehead atoms. The molecule has 1 aliphatic rings. The topological polar surface area (TPSA) is 89.2 Å². The summed E-state index contributed by atoms with van der Waals surface area (Å²) in [6.45, 7) is 0.248. The van der Waals surface area contributed by atoms with E-state index in [1.165, 1.54) is 0 Å². The van der Waals surface area contributed by atoms with Gasteiger partial charge in [-0.15, -0.1) is 12.4 Å². The lowest BCUT2D eigenvalue weighted by molar-refractivity contribution is -0.121. The predicted molar refractivity (Wildman–Crippen MR) is 88.0 cm³/mol. The average Bonchev–Trinajstić information content (AvgIpc) is 3.11. The van der Waals surface area contributed by atoms with Crippen molar-refractivity contribution in [1.29, 1.82) is 0 Å². The number of nitrogens with one attached hydrogen (secondary N) is 2. The number of rotatable bonds is 4. The van der Waals surface area contributed by atoms with Crippen LogP contribution in [0.5, 0.6) is 0 Å². The molecule has 7 heteroatoms. The van der Waals surface area contributed by atoms with Gasteiger partial charge in [-0.3, -0.25) is 9.59 Å². The zero-order chi connectivity index (χ0) is 15.0. The maximum absolute atomic E-state index is 12.0. The molecular formula is C15H19ClN4O2. The maximum atomic E-state index is 12.0. The van der Waals surface area contributed by atoms with Crippen molar-refractivity contribution in [1.82, 2.24) is 9.88 Å². The zero-order valence-corrected chi connectivity index (χ0v) is 13.1. The number of hydrogen-bond donors (Lipinski definition) is 3. The minimum absolute atomic E-state index is 0. The molecule has 6 nitrogen and oxygen atoms in total. The Bertz CT molecular complexity index is 721. The third-order valence-corrected chi connectivity index (χ3v) is 3.87. The Morgan fingerprint density at radius 3 is 2.68 bits per heavy atom. The van der Waals surface area contributed by atoms with Gasteiger partial charge in [0.15, 0.2) is 0 Å². The molecule has 1 aromatic carbocycles. The fourth-order valence-corrected chi connectivity index (χ4v) is 2.25. The Balaban J connectivity index is 0.00000176. The molecule has 2 amide bonds. The lowest BCUT2D eigenvalue weighted by Gasteiger charge is -2.11. The molecule has 1 fully saturated rings. The highest BCUT2D eigenvalue weighted by atomic mass is 35.5. The van der Waals surface area contributed by atoms with E-state index in [-0.39, 0.29) is 30.8 Å². The number of carbonyl (C=O) groups excluding carboxylic acids is 2. The third kappa shape index (κ3) is 3.08. The van der Waals surface area contributed by atoms with Crippen LogP contribution in [0, 0.1) is 0 Å². The number of fused-ring (bicyclic) bond motifs is 1. The number of nitrogens with two attached hydrogens (primary N) is 1. The summed E-state index contributed by atoms with van der Waals surface area (Å²) in [5.74, 6) is -0.216. The number of amides is 2. The summed E-state index contributed by atoms with van der Waals surface area (Å²) in [7, 11) is 1.61. The van der Waals surface area contributed by atoms with Crippen LogP contribution in [0.2, 0.25) is 0 Å². The second-order valence-electron chi connectivity index (χ2n) is 5.50. The van der Waals surface area contributed by atoms with Crippen molar-refractivity contribution < 1.29 is 9.59 Å². The molecule has 1 aliphatic carbocycles. The molecule has 118 valence electrons. The van der Waals surface area contributed by atoms with Gasteiger partial charge in [-0.25, -0.2) is 0 Å². The second-order valence-corrected chi connectivity index (χ2v) is 5.50.